The molecule has 1 aliphatic rings. The highest BCUT2D eigenvalue weighted by Gasteiger charge is 2.24. The van der Waals surface area contributed by atoms with E-state index in [2.05, 4.69) is 10.0 Å². The summed E-state index contributed by atoms with van der Waals surface area (Å²) >= 11 is 0. The summed E-state index contributed by atoms with van der Waals surface area (Å²) in [5, 5.41) is 3.19. The summed E-state index contributed by atoms with van der Waals surface area (Å²) in [6.07, 6.45) is 1.85. The predicted molar refractivity (Wildman–Crippen MR) is 81.2 cm³/mol. The van der Waals surface area contributed by atoms with Crippen molar-refractivity contribution in [2.75, 3.05) is 20.2 Å². The molecule has 1 fully saturated rings. The van der Waals surface area contributed by atoms with Gasteiger partial charge in [-0.15, -0.1) is 12.4 Å². The van der Waals surface area contributed by atoms with Gasteiger partial charge in [-0.05, 0) is 44.0 Å². The zero-order valence-corrected chi connectivity index (χ0v) is 13.3. The topological polar surface area (TPSA) is 67.4 Å². The number of aryl methyl sites for hydroxylation is 1. The number of benzene rings is 1. The maximum absolute atomic E-state index is 12.4. The normalized spacial score (nSPS) is 19.2. The summed E-state index contributed by atoms with van der Waals surface area (Å²) in [5.74, 6) is 0.377. The van der Waals surface area contributed by atoms with Crippen molar-refractivity contribution in [3.8, 4) is 5.75 Å². The molecule has 5 nitrogen and oxygen atoms in total. The lowest BCUT2D eigenvalue weighted by molar-refractivity contribution is 0.399. The number of hydrogen-bond acceptors (Lipinski definition) is 4. The molecule has 0 amide bonds. The van der Waals surface area contributed by atoms with Crippen LogP contribution >= 0.6 is 12.4 Å². The smallest absolute Gasteiger partial charge is 0.244 e. The number of ether oxygens (including phenoxy) is 1. The van der Waals surface area contributed by atoms with E-state index in [-0.39, 0.29) is 23.3 Å². The Kier molecular flexibility index (Phi) is 6.26. The molecule has 2 rings (SSSR count). The Morgan fingerprint density at radius 3 is 2.75 bits per heavy atom. The van der Waals surface area contributed by atoms with Crippen molar-refractivity contribution in [3.05, 3.63) is 23.8 Å². The van der Waals surface area contributed by atoms with E-state index in [4.69, 9.17) is 4.74 Å². The van der Waals surface area contributed by atoms with Gasteiger partial charge in [0.25, 0.3) is 0 Å². The van der Waals surface area contributed by atoms with E-state index in [1.807, 2.05) is 13.0 Å². The van der Waals surface area contributed by atoms with Crippen molar-refractivity contribution in [2.24, 2.45) is 0 Å². The number of nitrogens with one attached hydrogen (secondary N) is 2. The summed E-state index contributed by atoms with van der Waals surface area (Å²) in [7, 11) is -2.06. The van der Waals surface area contributed by atoms with Crippen molar-refractivity contribution in [2.45, 2.75) is 30.7 Å². The van der Waals surface area contributed by atoms with Gasteiger partial charge in [0.05, 0.1) is 7.11 Å². The molecule has 0 spiro atoms. The molecule has 20 heavy (non-hydrogen) atoms. The molecular formula is C13H21ClN2O3S. The molecule has 1 aliphatic heterocycles. The third-order valence-corrected chi connectivity index (χ3v) is 4.77. The molecule has 0 aliphatic carbocycles. The lowest BCUT2D eigenvalue weighted by Gasteiger charge is -2.24. The largest absolute Gasteiger partial charge is 0.495 e. The maximum Gasteiger partial charge on any atom is 0.244 e. The lowest BCUT2D eigenvalue weighted by Crippen LogP contribution is -2.45. The second-order valence-corrected chi connectivity index (χ2v) is 6.50. The van der Waals surface area contributed by atoms with Gasteiger partial charge in [0.15, 0.2) is 0 Å². The molecule has 114 valence electrons. The van der Waals surface area contributed by atoms with Crippen molar-refractivity contribution in [1.82, 2.24) is 10.0 Å². The van der Waals surface area contributed by atoms with E-state index < -0.39 is 10.0 Å². The van der Waals surface area contributed by atoms with E-state index in [1.165, 1.54) is 7.11 Å². The molecule has 0 aromatic heterocycles. The van der Waals surface area contributed by atoms with Crippen LogP contribution in [0.4, 0.5) is 0 Å². The minimum Gasteiger partial charge on any atom is -0.495 e. The van der Waals surface area contributed by atoms with Crippen LogP contribution in [0.1, 0.15) is 18.4 Å². The average molecular weight is 321 g/mol. The van der Waals surface area contributed by atoms with Crippen molar-refractivity contribution >= 4 is 22.4 Å². The maximum atomic E-state index is 12.4. The molecule has 7 heteroatoms. The standard InChI is InChI=1S/C13H20N2O3S.ClH/c1-10-5-6-12(18-2)13(8-10)19(16,17)15-11-4-3-7-14-9-11;/h5-6,8,11,14-15H,3-4,7,9H2,1-2H3;1H/t11-;/m1./s1. The molecule has 1 saturated heterocycles. The Bertz CT molecular complexity index is 543. The van der Waals surface area contributed by atoms with E-state index in [9.17, 15) is 8.42 Å². The molecular weight excluding hydrogens is 300 g/mol. The van der Waals surface area contributed by atoms with Gasteiger partial charge in [0.2, 0.25) is 10.0 Å². The fourth-order valence-corrected chi connectivity index (χ4v) is 3.75. The van der Waals surface area contributed by atoms with Gasteiger partial charge in [-0.1, -0.05) is 6.07 Å². The first-order valence-electron chi connectivity index (χ1n) is 6.40. The van der Waals surface area contributed by atoms with Crippen LogP contribution in [-0.4, -0.2) is 34.7 Å². The van der Waals surface area contributed by atoms with E-state index in [1.54, 1.807) is 12.1 Å². The van der Waals surface area contributed by atoms with Crippen molar-refractivity contribution < 1.29 is 13.2 Å². The summed E-state index contributed by atoms with van der Waals surface area (Å²) in [6, 6.07) is 5.10. The monoisotopic (exact) mass is 320 g/mol. The SMILES string of the molecule is COc1ccc(C)cc1S(=O)(=O)N[C@@H]1CCCNC1.Cl. The third-order valence-electron chi connectivity index (χ3n) is 3.23. The molecule has 2 N–H and O–H groups in total. The fourth-order valence-electron chi connectivity index (χ4n) is 2.23. The first-order chi connectivity index (χ1) is 9.03. The minimum atomic E-state index is -3.54. The Morgan fingerprint density at radius 1 is 1.40 bits per heavy atom. The molecule has 0 radical (unpaired) electrons. The number of sulfonamides is 1. The second kappa shape index (κ2) is 7.26. The quantitative estimate of drug-likeness (QED) is 0.881. The molecule has 0 saturated carbocycles. The Hall–Kier alpha value is -0.820. The fraction of sp³-hybridized carbons (Fsp3) is 0.538. The van der Waals surface area contributed by atoms with Gasteiger partial charge in [0, 0.05) is 12.6 Å². The van der Waals surface area contributed by atoms with Gasteiger partial charge in [0.1, 0.15) is 10.6 Å². The van der Waals surface area contributed by atoms with Crippen LogP contribution in [0.3, 0.4) is 0 Å². The number of rotatable bonds is 4. The molecule has 1 heterocycles. The molecule has 1 atom stereocenters. The third kappa shape index (κ3) is 4.09. The minimum absolute atomic E-state index is 0. The Labute approximate surface area is 126 Å². The Balaban J connectivity index is 0.00000200. The van der Waals surface area contributed by atoms with Crippen LogP contribution in [-0.2, 0) is 10.0 Å². The second-order valence-electron chi connectivity index (χ2n) is 4.82. The Morgan fingerprint density at radius 2 is 2.15 bits per heavy atom. The van der Waals surface area contributed by atoms with Gasteiger partial charge < -0.3 is 10.1 Å². The van der Waals surface area contributed by atoms with Crippen LogP contribution in [0, 0.1) is 6.92 Å². The molecule has 0 bridgehead atoms. The highest BCUT2D eigenvalue weighted by Crippen LogP contribution is 2.25. The molecule has 1 aromatic carbocycles. The highest BCUT2D eigenvalue weighted by molar-refractivity contribution is 7.89. The van der Waals surface area contributed by atoms with Crippen molar-refractivity contribution in [1.29, 1.82) is 0 Å². The van der Waals surface area contributed by atoms with E-state index >= 15 is 0 Å². The first-order valence-corrected chi connectivity index (χ1v) is 7.89. The van der Waals surface area contributed by atoms with Crippen LogP contribution < -0.4 is 14.8 Å². The van der Waals surface area contributed by atoms with E-state index in [0.717, 1.165) is 24.9 Å². The summed E-state index contributed by atoms with van der Waals surface area (Å²) in [5.41, 5.74) is 0.892. The van der Waals surface area contributed by atoms with Crippen LogP contribution in [0.15, 0.2) is 23.1 Å². The van der Waals surface area contributed by atoms with Crippen LogP contribution in [0.5, 0.6) is 5.75 Å². The number of halogens is 1. The van der Waals surface area contributed by atoms with E-state index in [0.29, 0.717) is 12.3 Å². The van der Waals surface area contributed by atoms with Crippen LogP contribution in [0.2, 0.25) is 0 Å². The highest BCUT2D eigenvalue weighted by atomic mass is 35.5. The summed E-state index contributed by atoms with van der Waals surface area (Å²) in [4.78, 5) is 0.209. The van der Waals surface area contributed by atoms with Gasteiger partial charge in [-0.25, -0.2) is 13.1 Å². The number of methoxy groups -OCH3 is 1. The summed E-state index contributed by atoms with van der Waals surface area (Å²) < 4.78 is 32.7. The number of piperidine rings is 1. The van der Waals surface area contributed by atoms with Crippen molar-refractivity contribution in [3.63, 3.8) is 0 Å². The van der Waals surface area contributed by atoms with Gasteiger partial charge in [-0.3, -0.25) is 0 Å². The molecule has 1 aromatic rings. The number of hydrogen-bond donors (Lipinski definition) is 2. The average Bonchev–Trinajstić information content (AvgIpc) is 2.39. The first kappa shape index (κ1) is 17.2. The zero-order chi connectivity index (χ0) is 13.9. The predicted octanol–water partition coefficient (Wildman–Crippen LogP) is 1.46. The zero-order valence-electron chi connectivity index (χ0n) is 11.7. The lowest BCUT2D eigenvalue weighted by atomic mass is 10.1. The summed E-state index contributed by atoms with van der Waals surface area (Å²) in [6.45, 7) is 3.49. The van der Waals surface area contributed by atoms with Crippen LogP contribution in [0.25, 0.3) is 0 Å². The van der Waals surface area contributed by atoms with Gasteiger partial charge >= 0.3 is 0 Å². The molecule has 0 unspecified atom stereocenters. The van der Waals surface area contributed by atoms with Gasteiger partial charge in [-0.2, -0.15) is 0 Å².